The topological polar surface area (TPSA) is 127 Å². The fraction of sp³-hybridized carbons (Fsp3) is 0.529. The van der Waals surface area contributed by atoms with Crippen molar-refractivity contribution < 1.29 is 29.1 Å². The van der Waals surface area contributed by atoms with Crippen molar-refractivity contribution in [2.24, 2.45) is 0 Å². The SMILES string of the molecule is CCCC(=O)NC1NC1C1Cc2ccc(O)c(C(=O)OCC)c2OB1O. The summed E-state index contributed by atoms with van der Waals surface area (Å²) in [6.45, 7) is 3.77. The summed E-state index contributed by atoms with van der Waals surface area (Å²) in [5.74, 6) is -1.11. The van der Waals surface area contributed by atoms with Crippen LogP contribution in [-0.4, -0.2) is 47.9 Å². The van der Waals surface area contributed by atoms with Crippen LogP contribution in [0.2, 0.25) is 5.82 Å². The predicted octanol–water partition coefficient (Wildman–Crippen LogP) is 0.569. The molecular formula is C17H23BN2O6. The van der Waals surface area contributed by atoms with Gasteiger partial charge in [0.15, 0.2) is 0 Å². The lowest BCUT2D eigenvalue weighted by Gasteiger charge is -2.28. The Hall–Kier alpha value is -2.26. The molecule has 3 atom stereocenters. The quantitative estimate of drug-likeness (QED) is 0.331. The van der Waals surface area contributed by atoms with Gasteiger partial charge in [-0.05, 0) is 31.4 Å². The number of rotatable bonds is 6. The van der Waals surface area contributed by atoms with Crippen LogP contribution in [0.1, 0.15) is 42.6 Å². The molecule has 1 saturated heterocycles. The number of benzene rings is 1. The molecule has 1 amide bonds. The number of carbonyl (C=O) groups is 2. The zero-order valence-corrected chi connectivity index (χ0v) is 14.8. The Bertz CT molecular complexity index is 713. The molecule has 0 aromatic heterocycles. The van der Waals surface area contributed by atoms with Gasteiger partial charge in [-0.2, -0.15) is 0 Å². The summed E-state index contributed by atoms with van der Waals surface area (Å²) in [4.78, 5) is 23.8. The van der Waals surface area contributed by atoms with E-state index in [0.29, 0.717) is 18.4 Å². The summed E-state index contributed by atoms with van der Waals surface area (Å²) in [6.07, 6.45) is 1.48. The molecule has 1 aromatic rings. The number of phenolic OH excluding ortho intramolecular Hbond substituents is 1. The normalized spacial score (nSPS) is 23.7. The Morgan fingerprint density at radius 3 is 2.88 bits per heavy atom. The van der Waals surface area contributed by atoms with Gasteiger partial charge in [0, 0.05) is 18.3 Å². The molecule has 3 unspecified atom stereocenters. The van der Waals surface area contributed by atoms with E-state index >= 15 is 0 Å². The van der Waals surface area contributed by atoms with E-state index in [1.165, 1.54) is 6.07 Å². The number of amides is 1. The molecule has 1 aromatic carbocycles. The summed E-state index contributed by atoms with van der Waals surface area (Å²) in [7, 11) is -1.16. The van der Waals surface area contributed by atoms with E-state index in [1.807, 2.05) is 6.92 Å². The van der Waals surface area contributed by atoms with Gasteiger partial charge in [-0.25, -0.2) is 4.79 Å². The van der Waals surface area contributed by atoms with E-state index in [-0.39, 0.29) is 47.6 Å². The molecule has 26 heavy (non-hydrogen) atoms. The highest BCUT2D eigenvalue weighted by Crippen LogP contribution is 2.42. The number of hydrogen-bond donors (Lipinski definition) is 4. The summed E-state index contributed by atoms with van der Waals surface area (Å²) in [5, 5.41) is 26.4. The monoisotopic (exact) mass is 362 g/mol. The molecule has 0 bridgehead atoms. The molecule has 3 rings (SSSR count). The molecule has 140 valence electrons. The predicted molar refractivity (Wildman–Crippen MR) is 93.9 cm³/mol. The maximum Gasteiger partial charge on any atom is 0.528 e. The molecular weight excluding hydrogens is 339 g/mol. The first-order chi connectivity index (χ1) is 12.5. The van der Waals surface area contributed by atoms with Crippen molar-refractivity contribution in [1.82, 2.24) is 10.6 Å². The Morgan fingerprint density at radius 1 is 1.42 bits per heavy atom. The van der Waals surface area contributed by atoms with Crippen molar-refractivity contribution in [3.8, 4) is 11.5 Å². The van der Waals surface area contributed by atoms with Crippen LogP contribution in [0.4, 0.5) is 0 Å². The third-order valence-electron chi connectivity index (χ3n) is 4.63. The second kappa shape index (κ2) is 7.55. The molecule has 9 heteroatoms. The van der Waals surface area contributed by atoms with Crippen LogP contribution in [0, 0.1) is 0 Å². The second-order valence-electron chi connectivity index (χ2n) is 6.53. The summed E-state index contributed by atoms with van der Waals surface area (Å²) in [6, 6.07) is 2.97. The number of nitrogens with one attached hydrogen (secondary N) is 2. The zero-order chi connectivity index (χ0) is 18.8. The van der Waals surface area contributed by atoms with Crippen molar-refractivity contribution in [1.29, 1.82) is 0 Å². The molecule has 0 saturated carbocycles. The Labute approximate surface area is 152 Å². The number of hydrogen-bond acceptors (Lipinski definition) is 7. The van der Waals surface area contributed by atoms with Gasteiger partial charge in [0.2, 0.25) is 5.91 Å². The van der Waals surface area contributed by atoms with Gasteiger partial charge in [0.1, 0.15) is 17.1 Å². The average Bonchev–Trinajstić information content (AvgIpc) is 3.33. The number of phenols is 1. The molecule has 4 N–H and O–H groups in total. The lowest BCUT2D eigenvalue weighted by Crippen LogP contribution is -2.39. The highest BCUT2D eigenvalue weighted by molar-refractivity contribution is 6.47. The number of esters is 1. The molecule has 2 aliphatic heterocycles. The van der Waals surface area contributed by atoms with Crippen LogP contribution in [0.5, 0.6) is 11.5 Å². The minimum Gasteiger partial charge on any atom is -0.535 e. The smallest absolute Gasteiger partial charge is 0.528 e. The molecule has 2 heterocycles. The lowest BCUT2D eigenvalue weighted by atomic mass is 9.64. The average molecular weight is 362 g/mol. The first-order valence-electron chi connectivity index (χ1n) is 8.88. The van der Waals surface area contributed by atoms with Gasteiger partial charge < -0.3 is 24.8 Å². The minimum atomic E-state index is -1.16. The number of fused-ring (bicyclic) bond motifs is 1. The van der Waals surface area contributed by atoms with Gasteiger partial charge in [-0.3, -0.25) is 10.1 Å². The van der Waals surface area contributed by atoms with Crippen molar-refractivity contribution in [2.75, 3.05) is 6.61 Å². The maximum absolute atomic E-state index is 12.1. The summed E-state index contributed by atoms with van der Waals surface area (Å²) < 4.78 is 10.5. The standard InChI is InChI=1S/C17H23BN2O6/c1-3-5-12(22)19-16-14(20-16)10-8-9-6-7-11(21)13(17(23)25-4-2)15(9)26-18(10)24/h6-7,10,14,16,20-21,24H,3-5,8H2,1-2H3,(H,19,22). The Morgan fingerprint density at radius 2 is 2.19 bits per heavy atom. The van der Waals surface area contributed by atoms with Gasteiger partial charge in [0.05, 0.1) is 12.8 Å². The molecule has 1 fully saturated rings. The largest absolute Gasteiger partial charge is 0.535 e. The van der Waals surface area contributed by atoms with E-state index in [9.17, 15) is 19.7 Å². The highest BCUT2D eigenvalue weighted by Gasteiger charge is 2.51. The number of carbonyl (C=O) groups excluding carboxylic acids is 2. The van der Waals surface area contributed by atoms with E-state index < -0.39 is 13.1 Å². The third-order valence-corrected chi connectivity index (χ3v) is 4.63. The fourth-order valence-electron chi connectivity index (χ4n) is 3.31. The van der Waals surface area contributed by atoms with Crippen molar-refractivity contribution in [2.45, 2.75) is 51.1 Å². The molecule has 0 aliphatic carbocycles. The summed E-state index contributed by atoms with van der Waals surface area (Å²) >= 11 is 0. The first-order valence-corrected chi connectivity index (χ1v) is 8.88. The highest BCUT2D eigenvalue weighted by atomic mass is 16.5. The molecule has 0 radical (unpaired) electrons. The number of aromatic hydroxyl groups is 1. The first kappa shape index (κ1) is 18.5. The van der Waals surface area contributed by atoms with E-state index in [0.717, 1.165) is 6.42 Å². The van der Waals surface area contributed by atoms with Gasteiger partial charge in [0.25, 0.3) is 0 Å². The van der Waals surface area contributed by atoms with Gasteiger partial charge in [-0.15, -0.1) is 0 Å². The van der Waals surface area contributed by atoms with Crippen molar-refractivity contribution in [3.63, 3.8) is 0 Å². The van der Waals surface area contributed by atoms with Crippen LogP contribution in [0.25, 0.3) is 0 Å². The van der Waals surface area contributed by atoms with Crippen molar-refractivity contribution in [3.05, 3.63) is 23.3 Å². The van der Waals surface area contributed by atoms with Crippen LogP contribution in [0.15, 0.2) is 12.1 Å². The third kappa shape index (κ3) is 3.63. The van der Waals surface area contributed by atoms with Crippen LogP contribution in [0.3, 0.4) is 0 Å². The molecule has 8 nitrogen and oxygen atoms in total. The Kier molecular flexibility index (Phi) is 5.38. The molecule has 0 spiro atoms. The van der Waals surface area contributed by atoms with E-state index in [4.69, 9.17) is 9.39 Å². The van der Waals surface area contributed by atoms with Gasteiger partial charge in [-0.1, -0.05) is 13.0 Å². The van der Waals surface area contributed by atoms with Crippen LogP contribution in [-0.2, 0) is 16.0 Å². The summed E-state index contributed by atoms with van der Waals surface area (Å²) in [5.41, 5.74) is 0.631. The van der Waals surface area contributed by atoms with E-state index in [1.54, 1.807) is 13.0 Å². The van der Waals surface area contributed by atoms with Crippen LogP contribution >= 0.6 is 0 Å². The lowest BCUT2D eigenvalue weighted by molar-refractivity contribution is -0.121. The second-order valence-corrected chi connectivity index (χ2v) is 6.53. The van der Waals surface area contributed by atoms with Crippen LogP contribution < -0.4 is 15.3 Å². The van der Waals surface area contributed by atoms with Gasteiger partial charge >= 0.3 is 13.1 Å². The minimum absolute atomic E-state index is 0.0337. The van der Waals surface area contributed by atoms with E-state index in [2.05, 4.69) is 10.6 Å². The maximum atomic E-state index is 12.1. The fourth-order valence-corrected chi connectivity index (χ4v) is 3.31. The molecule has 2 aliphatic rings. The number of ether oxygens (including phenoxy) is 1. The Balaban J connectivity index is 1.74. The van der Waals surface area contributed by atoms with Crippen molar-refractivity contribution >= 4 is 19.0 Å². The zero-order valence-electron chi connectivity index (χ0n) is 14.8.